The molecule has 2 aliphatic rings. The molecule has 0 amide bonds. The third-order valence-corrected chi connectivity index (χ3v) is 10.5. The highest BCUT2D eigenvalue weighted by Crippen LogP contribution is 2.50. The SMILES string of the molecule is CC1(C)c2ccccc2-c2ccc(-c3cccc(-c4cccc5c4Cc4nc(-n6c7ccccc7c7cccnc76)ccc4-5)c3)cc21. The van der Waals surface area contributed by atoms with Gasteiger partial charge >= 0.3 is 0 Å². The van der Waals surface area contributed by atoms with Crippen molar-refractivity contribution in [3.63, 3.8) is 0 Å². The number of pyridine rings is 2. The highest BCUT2D eigenvalue weighted by atomic mass is 15.1. The van der Waals surface area contributed by atoms with Crippen LogP contribution in [-0.4, -0.2) is 14.5 Å². The van der Waals surface area contributed by atoms with Gasteiger partial charge in [-0.15, -0.1) is 0 Å². The van der Waals surface area contributed by atoms with E-state index in [0.29, 0.717) is 0 Å². The number of para-hydroxylation sites is 1. The summed E-state index contributed by atoms with van der Waals surface area (Å²) < 4.78 is 2.20. The Morgan fingerprint density at radius 3 is 2.23 bits per heavy atom. The fraction of sp³-hybridized carbons (Fsp3) is 0.0909. The van der Waals surface area contributed by atoms with Gasteiger partial charge in [-0.3, -0.25) is 4.57 Å². The van der Waals surface area contributed by atoms with Crippen molar-refractivity contribution in [2.45, 2.75) is 25.7 Å². The molecule has 0 radical (unpaired) electrons. The van der Waals surface area contributed by atoms with Crippen LogP contribution in [-0.2, 0) is 11.8 Å². The fourth-order valence-corrected chi connectivity index (χ4v) is 8.24. The van der Waals surface area contributed by atoms with Crippen LogP contribution in [0, 0.1) is 0 Å². The Hall–Kier alpha value is -5.80. The Morgan fingerprint density at radius 2 is 1.28 bits per heavy atom. The van der Waals surface area contributed by atoms with Gasteiger partial charge < -0.3 is 0 Å². The lowest BCUT2D eigenvalue weighted by molar-refractivity contribution is 0.660. The Morgan fingerprint density at radius 1 is 0.553 bits per heavy atom. The average Bonchev–Trinajstić information content (AvgIpc) is 3.74. The Balaban J connectivity index is 1.04. The summed E-state index contributed by atoms with van der Waals surface area (Å²) in [5.74, 6) is 0.909. The summed E-state index contributed by atoms with van der Waals surface area (Å²) in [5, 5.41) is 2.34. The molecule has 0 unspecified atom stereocenters. The number of aromatic nitrogens is 3. The van der Waals surface area contributed by atoms with Gasteiger partial charge in [0, 0.05) is 34.4 Å². The van der Waals surface area contributed by atoms with Crippen LogP contribution in [0.15, 0.2) is 140 Å². The van der Waals surface area contributed by atoms with Gasteiger partial charge in [-0.25, -0.2) is 9.97 Å². The van der Waals surface area contributed by atoms with Crippen molar-refractivity contribution in [1.82, 2.24) is 14.5 Å². The van der Waals surface area contributed by atoms with Crippen molar-refractivity contribution in [2.75, 3.05) is 0 Å². The van der Waals surface area contributed by atoms with E-state index in [1.807, 2.05) is 12.3 Å². The summed E-state index contributed by atoms with van der Waals surface area (Å²) in [6.45, 7) is 4.69. The summed E-state index contributed by atoms with van der Waals surface area (Å²) in [5.41, 5.74) is 17.5. The van der Waals surface area contributed by atoms with E-state index in [0.717, 1.165) is 34.5 Å². The molecule has 0 spiro atoms. The molecular formula is C44H31N3. The maximum Gasteiger partial charge on any atom is 0.146 e. The molecule has 8 aromatic rings. The molecule has 3 heteroatoms. The molecule has 0 saturated heterocycles. The number of nitrogens with zero attached hydrogens (tertiary/aromatic N) is 3. The van der Waals surface area contributed by atoms with Gasteiger partial charge in [-0.05, 0) is 98.1 Å². The molecule has 5 aromatic carbocycles. The zero-order chi connectivity index (χ0) is 31.3. The minimum absolute atomic E-state index is 0.0211. The van der Waals surface area contributed by atoms with Crippen molar-refractivity contribution in [3.8, 4) is 50.3 Å². The van der Waals surface area contributed by atoms with Gasteiger partial charge in [-0.2, -0.15) is 0 Å². The molecule has 3 heterocycles. The van der Waals surface area contributed by atoms with Crippen molar-refractivity contribution < 1.29 is 0 Å². The standard InChI is InChI=1S/C44H31N3/c1-44(2)38-17-5-3-12-32(38)33-20-19-28(25-39(33)44)27-10-7-11-29(24-27)30-14-8-15-31-34-21-22-42(46-40(34)26-37(30)31)47-41-18-6-4-13-35(41)36-16-9-23-45-43(36)47/h3-25H,26H2,1-2H3. The summed E-state index contributed by atoms with van der Waals surface area (Å²) in [7, 11) is 0. The van der Waals surface area contributed by atoms with Crippen LogP contribution in [0.2, 0.25) is 0 Å². The molecule has 3 nitrogen and oxygen atoms in total. The van der Waals surface area contributed by atoms with Crippen LogP contribution in [0.1, 0.15) is 36.2 Å². The summed E-state index contributed by atoms with van der Waals surface area (Å²) in [6.07, 6.45) is 2.67. The number of benzene rings is 5. The first-order valence-corrected chi connectivity index (χ1v) is 16.4. The first kappa shape index (κ1) is 26.4. The number of hydrogen-bond acceptors (Lipinski definition) is 2. The van der Waals surface area contributed by atoms with Crippen LogP contribution >= 0.6 is 0 Å². The predicted molar refractivity (Wildman–Crippen MR) is 193 cm³/mol. The number of fused-ring (bicyclic) bond motifs is 9. The third-order valence-electron chi connectivity index (χ3n) is 10.5. The molecule has 47 heavy (non-hydrogen) atoms. The van der Waals surface area contributed by atoms with Crippen molar-refractivity contribution >= 4 is 21.9 Å². The molecule has 222 valence electrons. The monoisotopic (exact) mass is 601 g/mol. The molecule has 10 rings (SSSR count). The third kappa shape index (κ3) is 3.74. The van der Waals surface area contributed by atoms with Crippen LogP contribution in [0.25, 0.3) is 72.3 Å². The lowest BCUT2D eigenvalue weighted by Gasteiger charge is -2.22. The van der Waals surface area contributed by atoms with E-state index in [-0.39, 0.29) is 5.41 Å². The van der Waals surface area contributed by atoms with Gasteiger partial charge in [-0.1, -0.05) is 105 Å². The fourth-order valence-electron chi connectivity index (χ4n) is 8.24. The lowest BCUT2D eigenvalue weighted by atomic mass is 9.81. The zero-order valence-electron chi connectivity index (χ0n) is 26.3. The van der Waals surface area contributed by atoms with Crippen molar-refractivity contribution in [2.24, 2.45) is 0 Å². The van der Waals surface area contributed by atoms with E-state index < -0.39 is 0 Å². The molecule has 0 fully saturated rings. The smallest absolute Gasteiger partial charge is 0.146 e. The second-order valence-electron chi connectivity index (χ2n) is 13.4. The first-order chi connectivity index (χ1) is 23.1. The second-order valence-corrected chi connectivity index (χ2v) is 13.4. The molecule has 3 aromatic heterocycles. The van der Waals surface area contributed by atoms with Crippen LogP contribution < -0.4 is 0 Å². The highest BCUT2D eigenvalue weighted by molar-refractivity contribution is 6.07. The summed E-state index contributed by atoms with van der Waals surface area (Å²) in [4.78, 5) is 10.1. The van der Waals surface area contributed by atoms with Gasteiger partial charge in [0.1, 0.15) is 11.5 Å². The van der Waals surface area contributed by atoms with Crippen molar-refractivity contribution in [3.05, 3.63) is 162 Å². The van der Waals surface area contributed by atoms with E-state index in [9.17, 15) is 0 Å². The average molecular weight is 602 g/mol. The lowest BCUT2D eigenvalue weighted by Crippen LogP contribution is -2.14. The van der Waals surface area contributed by atoms with E-state index in [2.05, 4.69) is 146 Å². The van der Waals surface area contributed by atoms with Gasteiger partial charge in [0.25, 0.3) is 0 Å². The zero-order valence-corrected chi connectivity index (χ0v) is 26.3. The number of rotatable bonds is 3. The largest absolute Gasteiger partial charge is 0.278 e. The maximum absolute atomic E-state index is 5.30. The van der Waals surface area contributed by atoms with E-state index in [1.165, 1.54) is 66.6 Å². The summed E-state index contributed by atoms with van der Waals surface area (Å²) in [6, 6.07) is 48.7. The second kappa shape index (κ2) is 9.60. The maximum atomic E-state index is 5.30. The van der Waals surface area contributed by atoms with E-state index >= 15 is 0 Å². The van der Waals surface area contributed by atoms with Crippen LogP contribution in [0.4, 0.5) is 0 Å². The highest BCUT2D eigenvalue weighted by Gasteiger charge is 2.35. The van der Waals surface area contributed by atoms with Gasteiger partial charge in [0.15, 0.2) is 0 Å². The minimum atomic E-state index is -0.0211. The van der Waals surface area contributed by atoms with Gasteiger partial charge in [0.2, 0.25) is 0 Å². The molecule has 0 saturated carbocycles. The quantitative estimate of drug-likeness (QED) is 0.202. The molecule has 0 atom stereocenters. The Kier molecular flexibility index (Phi) is 5.40. The Bertz CT molecular complexity index is 2530. The van der Waals surface area contributed by atoms with E-state index in [1.54, 1.807) is 0 Å². The van der Waals surface area contributed by atoms with Crippen LogP contribution in [0.3, 0.4) is 0 Å². The molecule has 0 aliphatic heterocycles. The normalized spacial score (nSPS) is 13.8. The van der Waals surface area contributed by atoms with Gasteiger partial charge in [0.05, 0.1) is 11.2 Å². The minimum Gasteiger partial charge on any atom is -0.278 e. The molecular weight excluding hydrogens is 571 g/mol. The molecule has 2 aliphatic carbocycles. The number of hydrogen-bond donors (Lipinski definition) is 0. The Labute approximate surface area is 273 Å². The molecule has 0 N–H and O–H groups in total. The van der Waals surface area contributed by atoms with Crippen molar-refractivity contribution in [1.29, 1.82) is 0 Å². The van der Waals surface area contributed by atoms with E-state index in [4.69, 9.17) is 9.97 Å². The summed E-state index contributed by atoms with van der Waals surface area (Å²) >= 11 is 0. The van der Waals surface area contributed by atoms with Crippen LogP contribution in [0.5, 0.6) is 0 Å². The first-order valence-electron chi connectivity index (χ1n) is 16.4. The topological polar surface area (TPSA) is 30.7 Å². The predicted octanol–water partition coefficient (Wildman–Crippen LogP) is 10.8. The molecule has 0 bridgehead atoms.